The largest absolute Gasteiger partial charge is 0.192 e. The van der Waals surface area contributed by atoms with Crippen LogP contribution in [-0.2, 0) is 5.41 Å². The van der Waals surface area contributed by atoms with Crippen molar-refractivity contribution in [2.75, 3.05) is 0 Å². The molecule has 2 nitrogen and oxygen atoms in total. The van der Waals surface area contributed by atoms with Crippen molar-refractivity contribution in [2.24, 2.45) is 0 Å². The van der Waals surface area contributed by atoms with Crippen molar-refractivity contribution in [2.45, 2.75) is 38.0 Å². The lowest BCUT2D eigenvalue weighted by molar-refractivity contribution is 0.412. The molecule has 0 aliphatic heterocycles. The first-order valence-corrected chi connectivity index (χ1v) is 6.32. The highest BCUT2D eigenvalue weighted by atomic mass is 14.4. The van der Waals surface area contributed by atoms with Gasteiger partial charge in [0.2, 0.25) is 0 Å². The van der Waals surface area contributed by atoms with E-state index in [9.17, 15) is 0 Å². The maximum atomic E-state index is 9.13. The highest BCUT2D eigenvalue weighted by Gasteiger charge is 2.35. The molecular formula is C16H16N2. The lowest BCUT2D eigenvalue weighted by Crippen LogP contribution is -2.29. The van der Waals surface area contributed by atoms with Crippen LogP contribution in [0.5, 0.6) is 0 Å². The van der Waals surface area contributed by atoms with Crippen molar-refractivity contribution in [3.05, 3.63) is 47.0 Å². The summed E-state index contributed by atoms with van der Waals surface area (Å²) in [5, 5.41) is 18.3. The first-order valence-electron chi connectivity index (χ1n) is 6.32. The Balaban J connectivity index is 2.57. The van der Waals surface area contributed by atoms with Crippen LogP contribution in [0, 0.1) is 22.7 Å². The highest BCUT2D eigenvalue weighted by molar-refractivity contribution is 5.48. The maximum Gasteiger partial charge on any atom is 0.129 e. The Bertz CT molecular complexity index is 527. The zero-order valence-corrected chi connectivity index (χ0v) is 10.6. The van der Waals surface area contributed by atoms with E-state index in [2.05, 4.69) is 31.2 Å². The fourth-order valence-electron chi connectivity index (χ4n) is 2.89. The van der Waals surface area contributed by atoms with E-state index < -0.39 is 0 Å². The average molecular weight is 236 g/mol. The van der Waals surface area contributed by atoms with Crippen molar-refractivity contribution >= 4 is 0 Å². The molecule has 1 aromatic carbocycles. The van der Waals surface area contributed by atoms with Gasteiger partial charge in [-0.05, 0) is 30.4 Å². The topological polar surface area (TPSA) is 47.6 Å². The molecule has 90 valence electrons. The molecule has 1 saturated carbocycles. The Morgan fingerprint density at radius 3 is 2.39 bits per heavy atom. The second kappa shape index (κ2) is 5.07. The molecule has 0 bridgehead atoms. The summed E-state index contributed by atoms with van der Waals surface area (Å²) in [4.78, 5) is 0. The van der Waals surface area contributed by atoms with E-state index in [1.807, 2.05) is 18.2 Å². The Labute approximate surface area is 108 Å². The molecule has 0 spiro atoms. The van der Waals surface area contributed by atoms with E-state index in [-0.39, 0.29) is 5.41 Å². The smallest absolute Gasteiger partial charge is 0.129 e. The molecule has 1 unspecified atom stereocenters. The van der Waals surface area contributed by atoms with Crippen molar-refractivity contribution in [3.63, 3.8) is 0 Å². The van der Waals surface area contributed by atoms with Gasteiger partial charge in [0, 0.05) is 5.41 Å². The summed E-state index contributed by atoms with van der Waals surface area (Å²) in [6, 6.07) is 14.4. The van der Waals surface area contributed by atoms with E-state index in [1.165, 1.54) is 5.56 Å². The fourth-order valence-corrected chi connectivity index (χ4v) is 2.89. The zero-order valence-electron chi connectivity index (χ0n) is 10.6. The summed E-state index contributed by atoms with van der Waals surface area (Å²) < 4.78 is 0. The third-order valence-corrected chi connectivity index (χ3v) is 3.96. The number of hydrogen-bond donors (Lipinski definition) is 0. The summed E-state index contributed by atoms with van der Waals surface area (Å²) >= 11 is 0. The van der Waals surface area contributed by atoms with Gasteiger partial charge in [0.1, 0.15) is 17.7 Å². The van der Waals surface area contributed by atoms with E-state index in [1.54, 1.807) is 0 Å². The second-order valence-corrected chi connectivity index (χ2v) is 4.98. The molecule has 0 radical (unpaired) electrons. The van der Waals surface area contributed by atoms with E-state index in [0.717, 1.165) is 31.3 Å². The van der Waals surface area contributed by atoms with Gasteiger partial charge < -0.3 is 0 Å². The monoisotopic (exact) mass is 236 g/mol. The van der Waals surface area contributed by atoms with Crippen LogP contribution in [-0.4, -0.2) is 0 Å². The third kappa shape index (κ3) is 2.03. The van der Waals surface area contributed by atoms with Gasteiger partial charge in [0.05, 0.1) is 0 Å². The predicted octanol–water partition coefficient (Wildman–Crippen LogP) is 3.86. The van der Waals surface area contributed by atoms with Gasteiger partial charge in [0.15, 0.2) is 0 Å². The predicted molar refractivity (Wildman–Crippen MR) is 70.5 cm³/mol. The summed E-state index contributed by atoms with van der Waals surface area (Å²) in [6.07, 6.45) is 4.10. The maximum absolute atomic E-state index is 9.13. The van der Waals surface area contributed by atoms with Crippen LogP contribution >= 0.6 is 0 Å². The summed E-state index contributed by atoms with van der Waals surface area (Å²) in [5.41, 5.74) is 2.38. The molecule has 1 atom stereocenters. The van der Waals surface area contributed by atoms with Gasteiger partial charge >= 0.3 is 0 Å². The first-order chi connectivity index (χ1) is 8.72. The zero-order chi connectivity index (χ0) is 13.0. The molecule has 0 aromatic heterocycles. The minimum atomic E-state index is -0.152. The number of allylic oxidation sites excluding steroid dienone is 2. The van der Waals surface area contributed by atoms with Gasteiger partial charge in [-0.15, -0.1) is 0 Å². The number of nitrogens with zero attached hydrogens (tertiary/aromatic N) is 2. The van der Waals surface area contributed by atoms with Gasteiger partial charge in [0.25, 0.3) is 0 Å². The second-order valence-electron chi connectivity index (χ2n) is 4.98. The van der Waals surface area contributed by atoms with Gasteiger partial charge in [-0.25, -0.2) is 0 Å². The van der Waals surface area contributed by atoms with E-state index in [4.69, 9.17) is 10.5 Å². The summed E-state index contributed by atoms with van der Waals surface area (Å²) in [6.45, 7) is 2.16. The molecule has 1 aromatic rings. The Morgan fingerprint density at radius 2 is 1.78 bits per heavy atom. The summed E-state index contributed by atoms with van der Waals surface area (Å²) in [5.74, 6) is 0. The van der Waals surface area contributed by atoms with Crippen molar-refractivity contribution in [3.8, 4) is 12.1 Å². The number of rotatable bonds is 1. The lowest BCUT2D eigenvalue weighted by atomic mass is 9.66. The number of benzene rings is 1. The highest BCUT2D eigenvalue weighted by Crippen LogP contribution is 2.44. The van der Waals surface area contributed by atoms with Gasteiger partial charge in [-0.1, -0.05) is 43.7 Å². The molecule has 2 heteroatoms. The molecular weight excluding hydrogens is 220 g/mol. The molecule has 0 heterocycles. The van der Waals surface area contributed by atoms with Crippen LogP contribution in [0.3, 0.4) is 0 Å². The SMILES string of the molecule is CC1(c2ccccc2)CCCCC1=C(C#N)C#N. The van der Waals surface area contributed by atoms with Crippen LogP contribution < -0.4 is 0 Å². The average Bonchev–Trinajstić information content (AvgIpc) is 2.43. The Kier molecular flexibility index (Phi) is 3.49. The van der Waals surface area contributed by atoms with Crippen LogP contribution in [0.25, 0.3) is 0 Å². The van der Waals surface area contributed by atoms with Crippen LogP contribution in [0.15, 0.2) is 41.5 Å². The first kappa shape index (κ1) is 12.4. The quantitative estimate of drug-likeness (QED) is 0.695. The third-order valence-electron chi connectivity index (χ3n) is 3.96. The lowest BCUT2D eigenvalue weighted by Gasteiger charge is -2.37. The molecule has 18 heavy (non-hydrogen) atoms. The molecule has 1 aliphatic carbocycles. The van der Waals surface area contributed by atoms with Crippen molar-refractivity contribution in [1.82, 2.24) is 0 Å². The minimum Gasteiger partial charge on any atom is -0.192 e. The number of nitriles is 2. The molecule has 1 fully saturated rings. The van der Waals surface area contributed by atoms with E-state index >= 15 is 0 Å². The minimum absolute atomic E-state index is 0.152. The normalized spacial score (nSPS) is 22.9. The van der Waals surface area contributed by atoms with Gasteiger partial charge in [-0.2, -0.15) is 10.5 Å². The van der Waals surface area contributed by atoms with E-state index in [0.29, 0.717) is 5.57 Å². The summed E-state index contributed by atoms with van der Waals surface area (Å²) in [7, 11) is 0. The fraction of sp³-hybridized carbons (Fsp3) is 0.375. The number of hydrogen-bond acceptors (Lipinski definition) is 2. The Morgan fingerprint density at radius 1 is 1.11 bits per heavy atom. The van der Waals surface area contributed by atoms with Gasteiger partial charge in [-0.3, -0.25) is 0 Å². The standard InChI is InChI=1S/C16H16N2/c1-16(14-7-3-2-4-8-14)10-6-5-9-15(16)13(11-17)12-18/h2-4,7-8H,5-6,9-10H2,1H3. The molecule has 2 rings (SSSR count). The van der Waals surface area contributed by atoms with Crippen molar-refractivity contribution in [1.29, 1.82) is 10.5 Å². The molecule has 0 saturated heterocycles. The molecule has 0 amide bonds. The van der Waals surface area contributed by atoms with Crippen molar-refractivity contribution < 1.29 is 0 Å². The Hall–Kier alpha value is -2.06. The van der Waals surface area contributed by atoms with Crippen LogP contribution in [0.2, 0.25) is 0 Å². The molecule has 1 aliphatic rings. The van der Waals surface area contributed by atoms with Crippen LogP contribution in [0.4, 0.5) is 0 Å². The molecule has 0 N–H and O–H groups in total. The van der Waals surface area contributed by atoms with Crippen LogP contribution in [0.1, 0.15) is 38.2 Å².